The molecular weight excluding hydrogens is 502 g/mol. The molecule has 0 aliphatic carbocycles. The molecule has 1 saturated heterocycles. The van der Waals surface area contributed by atoms with Crippen molar-refractivity contribution < 1.29 is 4.79 Å². The fourth-order valence-electron chi connectivity index (χ4n) is 5.50. The highest BCUT2D eigenvalue weighted by atomic mass is 32.1. The predicted molar refractivity (Wildman–Crippen MR) is 161 cm³/mol. The zero-order valence-corrected chi connectivity index (χ0v) is 23.8. The minimum atomic E-state index is -0.130. The van der Waals surface area contributed by atoms with E-state index in [1.807, 2.05) is 55.6 Å². The van der Waals surface area contributed by atoms with Crippen LogP contribution >= 0.6 is 12.2 Å². The summed E-state index contributed by atoms with van der Waals surface area (Å²) in [5.41, 5.74) is 8.74. The summed E-state index contributed by atoms with van der Waals surface area (Å²) in [6, 6.07) is 24.5. The van der Waals surface area contributed by atoms with Crippen molar-refractivity contribution in [3.8, 4) is 5.69 Å². The summed E-state index contributed by atoms with van der Waals surface area (Å²) in [6.45, 7) is 8.96. The van der Waals surface area contributed by atoms with Crippen molar-refractivity contribution in [3.63, 3.8) is 0 Å². The van der Waals surface area contributed by atoms with E-state index in [0.29, 0.717) is 18.1 Å². The van der Waals surface area contributed by atoms with Gasteiger partial charge in [-0.05, 0) is 92.5 Å². The Morgan fingerprint density at radius 3 is 2.46 bits per heavy atom. The lowest BCUT2D eigenvalue weighted by atomic mass is 9.96. The van der Waals surface area contributed by atoms with Crippen LogP contribution in [0.3, 0.4) is 0 Å². The van der Waals surface area contributed by atoms with Gasteiger partial charge in [0.15, 0.2) is 5.11 Å². The highest BCUT2D eigenvalue weighted by Crippen LogP contribution is 2.41. The van der Waals surface area contributed by atoms with Crippen molar-refractivity contribution >= 4 is 28.9 Å². The average molecular weight is 538 g/mol. The molecular formula is C32H35N5OS. The van der Waals surface area contributed by atoms with Gasteiger partial charge in [-0.15, -0.1) is 0 Å². The molecule has 4 aromatic rings. The van der Waals surface area contributed by atoms with Crippen molar-refractivity contribution in [1.29, 1.82) is 0 Å². The van der Waals surface area contributed by atoms with Crippen molar-refractivity contribution in [1.82, 2.24) is 19.8 Å². The molecule has 0 unspecified atom stereocenters. The normalized spacial score (nSPS) is 16.8. The molecule has 1 fully saturated rings. The van der Waals surface area contributed by atoms with Crippen LogP contribution in [0.1, 0.15) is 59.2 Å². The molecule has 1 amide bonds. The number of carbonyl (C=O) groups is 1. The zero-order chi connectivity index (χ0) is 27.5. The van der Waals surface area contributed by atoms with Crippen LogP contribution in [0, 0.1) is 20.8 Å². The van der Waals surface area contributed by atoms with E-state index in [9.17, 15) is 4.79 Å². The van der Waals surface area contributed by atoms with Gasteiger partial charge < -0.3 is 20.1 Å². The van der Waals surface area contributed by atoms with Crippen LogP contribution in [0.5, 0.6) is 0 Å². The fraction of sp³-hybridized carbons (Fsp3) is 0.281. The highest BCUT2D eigenvalue weighted by molar-refractivity contribution is 7.80. The van der Waals surface area contributed by atoms with Gasteiger partial charge in [0.25, 0.3) is 0 Å². The molecule has 1 aliphatic rings. The SMILES string of the molecule is CCc1ccc(-n2c(C)cc([C@H]3[C@H](c4ccccn4)NC(=S)N3CCC(=O)Nc3ccccc3C)c2C)cc1. The second kappa shape index (κ2) is 11.4. The zero-order valence-electron chi connectivity index (χ0n) is 22.9. The van der Waals surface area contributed by atoms with Gasteiger partial charge in [-0.1, -0.05) is 43.3 Å². The number of hydrogen-bond donors (Lipinski definition) is 2. The monoisotopic (exact) mass is 537 g/mol. The Bertz CT molecular complexity index is 1480. The van der Waals surface area contributed by atoms with Crippen molar-refractivity contribution in [2.24, 2.45) is 0 Å². The molecule has 7 heteroatoms. The molecule has 0 saturated carbocycles. The molecule has 1 aliphatic heterocycles. The summed E-state index contributed by atoms with van der Waals surface area (Å²) in [7, 11) is 0. The number of aryl methyl sites for hydroxylation is 3. The molecule has 5 rings (SSSR count). The maximum Gasteiger partial charge on any atom is 0.226 e. The molecule has 0 radical (unpaired) electrons. The van der Waals surface area contributed by atoms with Crippen molar-refractivity contribution in [2.75, 3.05) is 11.9 Å². The molecule has 3 heterocycles. The Morgan fingerprint density at radius 1 is 1.03 bits per heavy atom. The second-order valence-electron chi connectivity index (χ2n) is 10.1. The van der Waals surface area contributed by atoms with Crippen LogP contribution in [0.4, 0.5) is 5.69 Å². The highest BCUT2D eigenvalue weighted by Gasteiger charge is 2.41. The number of anilines is 1. The predicted octanol–water partition coefficient (Wildman–Crippen LogP) is 6.36. The quantitative estimate of drug-likeness (QED) is 0.256. The smallest absolute Gasteiger partial charge is 0.226 e. The summed E-state index contributed by atoms with van der Waals surface area (Å²) in [6.07, 6.45) is 3.14. The molecule has 6 nitrogen and oxygen atoms in total. The minimum Gasteiger partial charge on any atom is -0.352 e. The second-order valence-corrected chi connectivity index (χ2v) is 10.5. The summed E-state index contributed by atoms with van der Waals surface area (Å²) in [5.74, 6) is -0.0337. The van der Waals surface area contributed by atoms with Gasteiger partial charge in [0.1, 0.15) is 0 Å². The molecule has 2 aromatic carbocycles. The number of amides is 1. The van der Waals surface area contributed by atoms with Crippen LogP contribution in [0.15, 0.2) is 79.0 Å². The van der Waals surface area contributed by atoms with E-state index in [1.165, 1.54) is 11.1 Å². The van der Waals surface area contributed by atoms with Crippen LogP contribution in [0.25, 0.3) is 5.69 Å². The number of carbonyl (C=O) groups excluding carboxylic acids is 1. The number of nitrogens with one attached hydrogen (secondary N) is 2. The maximum absolute atomic E-state index is 13.0. The van der Waals surface area contributed by atoms with Crippen LogP contribution in [0.2, 0.25) is 0 Å². The van der Waals surface area contributed by atoms with E-state index in [4.69, 9.17) is 12.2 Å². The Balaban J connectivity index is 1.47. The summed E-state index contributed by atoms with van der Waals surface area (Å²) in [5, 5.41) is 7.21. The third-order valence-electron chi connectivity index (χ3n) is 7.59. The first-order chi connectivity index (χ1) is 18.9. The van der Waals surface area contributed by atoms with E-state index in [0.717, 1.165) is 40.4 Å². The summed E-state index contributed by atoms with van der Waals surface area (Å²) in [4.78, 5) is 19.8. The Kier molecular flexibility index (Phi) is 7.79. The number of hydrogen-bond acceptors (Lipinski definition) is 3. The van der Waals surface area contributed by atoms with Crippen molar-refractivity contribution in [2.45, 2.75) is 52.6 Å². The standard InChI is InChI=1S/C32H35N5OS/c1-5-24-13-15-25(16-14-24)37-22(3)20-26(23(37)4)31-30(28-12-8-9-18-33-28)35-32(39)36(31)19-17-29(38)34-27-11-7-6-10-21(27)2/h6-16,18,20,30-31H,5,17,19H2,1-4H3,(H,34,38)(H,35,39)/t30-,31-/m0/s1. The van der Waals surface area contributed by atoms with Gasteiger partial charge in [-0.25, -0.2) is 0 Å². The lowest BCUT2D eigenvalue weighted by Crippen LogP contribution is -2.33. The lowest BCUT2D eigenvalue weighted by Gasteiger charge is -2.28. The van der Waals surface area contributed by atoms with Crippen LogP contribution in [-0.4, -0.2) is 32.0 Å². The first kappa shape index (κ1) is 26.6. The third kappa shape index (κ3) is 5.45. The number of nitrogens with zero attached hydrogens (tertiary/aromatic N) is 3. The van der Waals surface area contributed by atoms with E-state index in [-0.39, 0.29) is 18.0 Å². The van der Waals surface area contributed by atoms with Crippen LogP contribution < -0.4 is 10.6 Å². The van der Waals surface area contributed by atoms with Gasteiger partial charge in [-0.2, -0.15) is 0 Å². The van der Waals surface area contributed by atoms with Crippen molar-refractivity contribution in [3.05, 3.63) is 113 Å². The largest absolute Gasteiger partial charge is 0.352 e. The average Bonchev–Trinajstić information content (AvgIpc) is 3.43. The maximum atomic E-state index is 13.0. The summed E-state index contributed by atoms with van der Waals surface area (Å²) >= 11 is 5.85. The fourth-order valence-corrected chi connectivity index (χ4v) is 5.83. The van der Waals surface area contributed by atoms with Gasteiger partial charge in [-0.3, -0.25) is 9.78 Å². The molecule has 2 N–H and O–H groups in total. The number of pyridine rings is 1. The van der Waals surface area contributed by atoms with E-state index < -0.39 is 0 Å². The molecule has 0 spiro atoms. The van der Waals surface area contributed by atoms with E-state index in [1.54, 1.807) is 0 Å². The van der Waals surface area contributed by atoms with Gasteiger partial charge >= 0.3 is 0 Å². The lowest BCUT2D eigenvalue weighted by molar-refractivity contribution is -0.116. The van der Waals surface area contributed by atoms with E-state index >= 15 is 0 Å². The van der Waals surface area contributed by atoms with E-state index in [2.05, 4.69) is 76.2 Å². The third-order valence-corrected chi connectivity index (χ3v) is 7.94. The first-order valence-corrected chi connectivity index (χ1v) is 13.9. The number of benzene rings is 2. The van der Waals surface area contributed by atoms with Gasteiger partial charge in [0.05, 0.1) is 17.8 Å². The minimum absolute atomic E-state index is 0.0337. The number of thiocarbonyl (C=S) groups is 1. The molecule has 200 valence electrons. The molecule has 2 atom stereocenters. The van der Waals surface area contributed by atoms with Crippen LogP contribution in [-0.2, 0) is 11.2 Å². The molecule has 0 bridgehead atoms. The van der Waals surface area contributed by atoms with Gasteiger partial charge in [0.2, 0.25) is 5.91 Å². The number of para-hydroxylation sites is 1. The number of aromatic nitrogens is 2. The Hall–Kier alpha value is -3.97. The summed E-state index contributed by atoms with van der Waals surface area (Å²) < 4.78 is 2.30. The number of rotatable bonds is 8. The first-order valence-electron chi connectivity index (χ1n) is 13.5. The Labute approximate surface area is 236 Å². The van der Waals surface area contributed by atoms with Gasteiger partial charge in [0, 0.05) is 41.9 Å². The topological polar surface area (TPSA) is 62.2 Å². The Morgan fingerprint density at radius 2 is 1.77 bits per heavy atom. The molecule has 39 heavy (non-hydrogen) atoms. The molecule has 2 aromatic heterocycles.